The summed E-state index contributed by atoms with van der Waals surface area (Å²) in [6.45, 7) is 2.34. The van der Waals surface area contributed by atoms with Crippen molar-refractivity contribution in [3.05, 3.63) is 35.4 Å². The second kappa shape index (κ2) is 9.42. The van der Waals surface area contributed by atoms with E-state index >= 15 is 0 Å². The zero-order valence-corrected chi connectivity index (χ0v) is 20.5. The Kier molecular flexibility index (Phi) is 6.51. The molecule has 0 aromatic heterocycles. The van der Waals surface area contributed by atoms with Gasteiger partial charge in [-0.3, -0.25) is 4.90 Å². The standard InChI is InChI=1S/C27H37NO6/c1-4-14-27-19-11-12-21(29)25(27)34-24-22(31-3)13-10-17(23(24)27)15-20(19)28(2)16-32-26(30)33-18-8-6-5-7-9-18/h10-13,18-21,25,29H,4-9,14-16H2,1-3H3/t19-,20?,21-,25-,27-/m0/s1. The maximum absolute atomic E-state index is 12.4. The molecule has 1 aromatic rings. The van der Waals surface area contributed by atoms with Gasteiger partial charge in [0, 0.05) is 22.9 Å². The normalized spacial score (nSPS) is 31.7. The van der Waals surface area contributed by atoms with Crippen molar-refractivity contribution in [2.24, 2.45) is 5.92 Å². The van der Waals surface area contributed by atoms with Crippen LogP contribution >= 0.6 is 0 Å². The van der Waals surface area contributed by atoms with Crippen molar-refractivity contribution >= 4 is 6.16 Å². The van der Waals surface area contributed by atoms with Gasteiger partial charge in [-0.25, -0.2) is 4.79 Å². The fourth-order valence-corrected chi connectivity index (χ4v) is 6.88. The van der Waals surface area contributed by atoms with Gasteiger partial charge in [0.15, 0.2) is 11.5 Å². The first-order valence-electron chi connectivity index (χ1n) is 12.8. The predicted molar refractivity (Wildman–Crippen MR) is 127 cm³/mol. The summed E-state index contributed by atoms with van der Waals surface area (Å²) in [7, 11) is 3.66. The lowest BCUT2D eigenvalue weighted by Gasteiger charge is -2.52. The Morgan fingerprint density at radius 3 is 2.76 bits per heavy atom. The number of methoxy groups -OCH3 is 1. The van der Waals surface area contributed by atoms with Crippen LogP contribution < -0.4 is 9.47 Å². The van der Waals surface area contributed by atoms with Crippen molar-refractivity contribution in [1.82, 2.24) is 4.90 Å². The van der Waals surface area contributed by atoms with Crippen LogP contribution in [0.15, 0.2) is 24.3 Å². The van der Waals surface area contributed by atoms with E-state index in [0.29, 0.717) is 0 Å². The summed E-state index contributed by atoms with van der Waals surface area (Å²) < 4.78 is 23.2. The van der Waals surface area contributed by atoms with Crippen LogP contribution in [0.4, 0.5) is 4.79 Å². The summed E-state index contributed by atoms with van der Waals surface area (Å²) in [5, 5.41) is 10.9. The van der Waals surface area contributed by atoms with Gasteiger partial charge < -0.3 is 24.1 Å². The fourth-order valence-electron chi connectivity index (χ4n) is 6.88. The first-order valence-corrected chi connectivity index (χ1v) is 12.8. The molecule has 4 aliphatic rings. The molecule has 1 unspecified atom stereocenters. The Hall–Kier alpha value is -2.25. The van der Waals surface area contributed by atoms with Crippen LogP contribution in [0.5, 0.6) is 11.5 Å². The summed E-state index contributed by atoms with van der Waals surface area (Å²) in [5.41, 5.74) is 2.06. The lowest BCUT2D eigenvalue weighted by molar-refractivity contribution is -0.0471. The summed E-state index contributed by atoms with van der Waals surface area (Å²) in [4.78, 5) is 14.5. The summed E-state index contributed by atoms with van der Waals surface area (Å²) in [5.74, 6) is 1.61. The highest BCUT2D eigenvalue weighted by Crippen LogP contribution is 2.61. The van der Waals surface area contributed by atoms with Gasteiger partial charge in [0.2, 0.25) is 0 Å². The van der Waals surface area contributed by atoms with E-state index in [1.807, 2.05) is 19.2 Å². The second-order valence-corrected chi connectivity index (χ2v) is 10.3. The highest BCUT2D eigenvalue weighted by atomic mass is 16.7. The molecule has 5 atom stereocenters. The molecule has 5 rings (SSSR count). The smallest absolute Gasteiger partial charge is 0.493 e. The Morgan fingerprint density at radius 2 is 2.03 bits per heavy atom. The zero-order chi connectivity index (χ0) is 23.9. The average Bonchev–Trinajstić information content (AvgIpc) is 3.20. The molecule has 1 N–H and O–H groups in total. The van der Waals surface area contributed by atoms with Crippen LogP contribution in [0, 0.1) is 5.92 Å². The molecule has 186 valence electrons. The highest BCUT2D eigenvalue weighted by molar-refractivity contribution is 5.62. The molecule has 7 nitrogen and oxygen atoms in total. The third-order valence-electron chi connectivity index (χ3n) is 8.34. The van der Waals surface area contributed by atoms with Crippen LogP contribution in [-0.4, -0.2) is 61.4 Å². The second-order valence-electron chi connectivity index (χ2n) is 10.3. The van der Waals surface area contributed by atoms with Gasteiger partial charge in [0.1, 0.15) is 25.0 Å². The van der Waals surface area contributed by atoms with Crippen molar-refractivity contribution in [3.63, 3.8) is 0 Å². The van der Waals surface area contributed by atoms with Crippen LogP contribution in [0.3, 0.4) is 0 Å². The number of carbonyl (C=O) groups excluding carboxylic acids is 1. The highest BCUT2D eigenvalue weighted by Gasteiger charge is 2.62. The third-order valence-corrected chi connectivity index (χ3v) is 8.34. The van der Waals surface area contributed by atoms with E-state index in [2.05, 4.69) is 24.0 Å². The van der Waals surface area contributed by atoms with Crippen molar-refractivity contribution in [1.29, 1.82) is 0 Å². The number of hydrogen-bond donors (Lipinski definition) is 1. The quantitative estimate of drug-likeness (QED) is 0.360. The fraction of sp³-hybridized carbons (Fsp3) is 0.667. The molecule has 0 spiro atoms. The number of hydrogen-bond acceptors (Lipinski definition) is 7. The summed E-state index contributed by atoms with van der Waals surface area (Å²) >= 11 is 0. The number of benzene rings is 1. The molecule has 0 saturated heterocycles. The van der Waals surface area contributed by atoms with E-state index in [-0.39, 0.29) is 36.3 Å². The van der Waals surface area contributed by atoms with Crippen molar-refractivity contribution in [3.8, 4) is 11.5 Å². The first-order chi connectivity index (χ1) is 16.5. The number of ether oxygens (including phenoxy) is 4. The molecule has 3 aliphatic carbocycles. The molecule has 1 heterocycles. The van der Waals surface area contributed by atoms with E-state index in [0.717, 1.165) is 56.4 Å². The van der Waals surface area contributed by atoms with Gasteiger partial charge in [-0.05, 0) is 57.2 Å². The predicted octanol–water partition coefficient (Wildman–Crippen LogP) is 4.34. The molecule has 7 heteroatoms. The molecular formula is C27H37NO6. The monoisotopic (exact) mass is 471 g/mol. The number of nitrogens with zero attached hydrogens (tertiary/aromatic N) is 1. The van der Waals surface area contributed by atoms with Crippen molar-refractivity contribution in [2.75, 3.05) is 20.9 Å². The lowest BCUT2D eigenvalue weighted by atomic mass is 9.54. The molecule has 1 aliphatic heterocycles. The van der Waals surface area contributed by atoms with Crippen LogP contribution in [0.1, 0.15) is 63.0 Å². The topological polar surface area (TPSA) is 77.5 Å². The summed E-state index contributed by atoms with van der Waals surface area (Å²) in [6, 6.07) is 4.18. The van der Waals surface area contributed by atoms with Crippen LogP contribution in [0.25, 0.3) is 0 Å². The molecule has 1 fully saturated rings. The molecule has 0 radical (unpaired) electrons. The van der Waals surface area contributed by atoms with E-state index in [9.17, 15) is 9.90 Å². The number of aliphatic hydroxyl groups excluding tert-OH is 1. The van der Waals surface area contributed by atoms with E-state index in [4.69, 9.17) is 18.9 Å². The van der Waals surface area contributed by atoms with E-state index in [1.54, 1.807) is 7.11 Å². The number of carbonyl (C=O) groups is 1. The van der Waals surface area contributed by atoms with E-state index < -0.39 is 12.3 Å². The van der Waals surface area contributed by atoms with Crippen LogP contribution in [-0.2, 0) is 21.3 Å². The molecule has 1 aromatic carbocycles. The van der Waals surface area contributed by atoms with E-state index in [1.165, 1.54) is 17.5 Å². The molecule has 34 heavy (non-hydrogen) atoms. The molecule has 0 amide bonds. The third kappa shape index (κ3) is 3.77. The Bertz CT molecular complexity index is 941. The van der Waals surface area contributed by atoms with Crippen molar-refractivity contribution in [2.45, 2.75) is 88.1 Å². The van der Waals surface area contributed by atoms with Crippen LogP contribution in [0.2, 0.25) is 0 Å². The Morgan fingerprint density at radius 1 is 1.24 bits per heavy atom. The number of likely N-dealkylation sites (N-methyl/N-ethyl adjacent to an activating group) is 1. The maximum atomic E-state index is 12.4. The SMILES string of the molecule is CCC[C@]12c3c4ccc(OC)c3O[C@H]1[C@@H](O)C=C[C@H]2C(N(C)COC(=O)OC1CCCCC1)C4. The minimum absolute atomic E-state index is 0.0199. The number of aliphatic hydroxyl groups is 1. The Labute approximate surface area is 202 Å². The molecule has 1 saturated carbocycles. The zero-order valence-electron chi connectivity index (χ0n) is 20.5. The Balaban J connectivity index is 1.40. The molecule has 0 bridgehead atoms. The first kappa shape index (κ1) is 23.5. The minimum Gasteiger partial charge on any atom is -0.493 e. The van der Waals surface area contributed by atoms with Gasteiger partial charge in [0.25, 0.3) is 0 Å². The van der Waals surface area contributed by atoms with Gasteiger partial charge in [-0.2, -0.15) is 0 Å². The summed E-state index contributed by atoms with van der Waals surface area (Å²) in [6.07, 6.45) is 10.3. The lowest BCUT2D eigenvalue weighted by Crippen LogP contribution is -2.60. The minimum atomic E-state index is -0.682. The molecular weight excluding hydrogens is 434 g/mol. The van der Waals surface area contributed by atoms with Gasteiger partial charge >= 0.3 is 6.16 Å². The van der Waals surface area contributed by atoms with Gasteiger partial charge in [-0.15, -0.1) is 0 Å². The largest absolute Gasteiger partial charge is 0.509 e. The average molecular weight is 472 g/mol. The number of rotatable bonds is 7. The van der Waals surface area contributed by atoms with Crippen molar-refractivity contribution < 1.29 is 28.8 Å². The maximum Gasteiger partial charge on any atom is 0.509 e. The van der Waals surface area contributed by atoms with Gasteiger partial charge in [0.05, 0.1) is 7.11 Å². The van der Waals surface area contributed by atoms with Gasteiger partial charge in [-0.1, -0.05) is 38.0 Å².